The fraction of sp³-hybridized carbons (Fsp3) is 0.444. The lowest BCUT2D eigenvalue weighted by molar-refractivity contribution is 0.0766. The molecule has 0 unspecified atom stereocenters. The molecule has 126 valence electrons. The van der Waals surface area contributed by atoms with E-state index in [0.717, 1.165) is 49.6 Å². The highest BCUT2D eigenvalue weighted by molar-refractivity contribution is 5.94. The lowest BCUT2D eigenvalue weighted by Crippen LogP contribution is -2.35. The number of nitrogens with zero attached hydrogens (tertiary/aromatic N) is 5. The van der Waals surface area contributed by atoms with Crippen LogP contribution in [0.1, 0.15) is 35.0 Å². The predicted octanol–water partition coefficient (Wildman–Crippen LogP) is 2.09. The molecule has 3 rings (SSSR count). The van der Waals surface area contributed by atoms with Gasteiger partial charge in [0.15, 0.2) is 0 Å². The molecule has 0 radical (unpaired) electrons. The molecule has 2 aromatic heterocycles. The average Bonchev–Trinajstić information content (AvgIpc) is 2.87. The molecule has 6 heteroatoms. The maximum absolute atomic E-state index is 12.7. The van der Waals surface area contributed by atoms with Gasteiger partial charge < -0.3 is 9.80 Å². The summed E-state index contributed by atoms with van der Waals surface area (Å²) >= 11 is 0. The van der Waals surface area contributed by atoms with Crippen molar-refractivity contribution in [3.8, 4) is 0 Å². The molecule has 6 nitrogen and oxygen atoms in total. The fourth-order valence-electron chi connectivity index (χ4n) is 2.96. The maximum Gasteiger partial charge on any atom is 0.255 e. The second-order valence-electron chi connectivity index (χ2n) is 6.10. The molecule has 0 spiro atoms. The highest BCUT2D eigenvalue weighted by atomic mass is 16.2. The van der Waals surface area contributed by atoms with Gasteiger partial charge in [0.1, 0.15) is 12.1 Å². The molecule has 1 amide bonds. The van der Waals surface area contributed by atoms with E-state index in [9.17, 15) is 4.79 Å². The first-order valence-corrected chi connectivity index (χ1v) is 8.44. The molecule has 0 N–H and O–H groups in total. The highest BCUT2D eigenvalue weighted by Crippen LogP contribution is 2.16. The van der Waals surface area contributed by atoms with E-state index < -0.39 is 0 Å². The minimum atomic E-state index is 0.0602. The number of aryl methyl sites for hydroxylation is 2. The summed E-state index contributed by atoms with van der Waals surface area (Å²) in [6, 6.07) is 3.94. The molecule has 1 fully saturated rings. The average molecular weight is 325 g/mol. The molecule has 0 saturated carbocycles. The van der Waals surface area contributed by atoms with E-state index >= 15 is 0 Å². The summed E-state index contributed by atoms with van der Waals surface area (Å²) in [4.78, 5) is 29.6. The zero-order valence-electron chi connectivity index (χ0n) is 14.3. The van der Waals surface area contributed by atoms with E-state index in [1.165, 1.54) is 0 Å². The van der Waals surface area contributed by atoms with Crippen LogP contribution >= 0.6 is 0 Å². The van der Waals surface area contributed by atoms with E-state index in [1.54, 1.807) is 18.7 Å². The number of hydrogen-bond acceptors (Lipinski definition) is 5. The summed E-state index contributed by atoms with van der Waals surface area (Å²) < 4.78 is 0. The van der Waals surface area contributed by atoms with E-state index in [1.807, 2.05) is 24.0 Å². The first-order valence-electron chi connectivity index (χ1n) is 8.44. The molecule has 0 aromatic carbocycles. The van der Waals surface area contributed by atoms with Gasteiger partial charge in [-0.15, -0.1) is 0 Å². The number of carbonyl (C=O) groups is 1. The monoisotopic (exact) mass is 325 g/mol. The van der Waals surface area contributed by atoms with Gasteiger partial charge in [0, 0.05) is 50.3 Å². The van der Waals surface area contributed by atoms with Gasteiger partial charge in [0.2, 0.25) is 0 Å². The molecule has 2 aromatic rings. The Bertz CT molecular complexity index is 718. The Hall–Kier alpha value is -2.50. The zero-order chi connectivity index (χ0) is 16.9. The van der Waals surface area contributed by atoms with Gasteiger partial charge in [-0.3, -0.25) is 9.78 Å². The van der Waals surface area contributed by atoms with Crippen LogP contribution in [0.5, 0.6) is 0 Å². The number of carbonyl (C=O) groups excluding carboxylic acids is 1. The minimum absolute atomic E-state index is 0.0602. The number of hydrogen-bond donors (Lipinski definition) is 0. The molecule has 24 heavy (non-hydrogen) atoms. The lowest BCUT2D eigenvalue weighted by Gasteiger charge is -2.23. The second-order valence-corrected chi connectivity index (χ2v) is 6.10. The Morgan fingerprint density at radius 3 is 2.79 bits per heavy atom. The Balaban J connectivity index is 1.69. The summed E-state index contributed by atoms with van der Waals surface area (Å²) in [5.74, 6) is 1.01. The lowest BCUT2D eigenvalue weighted by atomic mass is 10.2. The van der Waals surface area contributed by atoms with Gasteiger partial charge in [-0.1, -0.05) is 6.92 Å². The van der Waals surface area contributed by atoms with Crippen LogP contribution in [0.25, 0.3) is 0 Å². The van der Waals surface area contributed by atoms with Crippen molar-refractivity contribution in [2.24, 2.45) is 0 Å². The first kappa shape index (κ1) is 16.4. The summed E-state index contributed by atoms with van der Waals surface area (Å²) in [7, 11) is 0. The molecule has 1 saturated heterocycles. The van der Waals surface area contributed by atoms with E-state index in [-0.39, 0.29) is 5.91 Å². The standard InChI is InChI=1S/C18H23N5O/c1-3-16-10-17(21-13-20-16)22-5-4-6-23(8-7-22)18(24)15-9-14(2)11-19-12-15/h9-13H,3-8H2,1-2H3. The first-order chi connectivity index (χ1) is 11.7. The quantitative estimate of drug-likeness (QED) is 0.865. The number of anilines is 1. The smallest absolute Gasteiger partial charge is 0.255 e. The number of aromatic nitrogens is 3. The Labute approximate surface area is 142 Å². The fourth-order valence-corrected chi connectivity index (χ4v) is 2.96. The van der Waals surface area contributed by atoms with Crippen LogP contribution < -0.4 is 4.90 Å². The number of rotatable bonds is 3. The Morgan fingerprint density at radius 1 is 1.12 bits per heavy atom. The van der Waals surface area contributed by atoms with Crippen LogP contribution in [0.2, 0.25) is 0 Å². The topological polar surface area (TPSA) is 62.2 Å². The van der Waals surface area contributed by atoms with Crippen molar-refractivity contribution in [1.82, 2.24) is 19.9 Å². The zero-order valence-corrected chi connectivity index (χ0v) is 14.3. The van der Waals surface area contributed by atoms with Crippen molar-refractivity contribution in [2.75, 3.05) is 31.1 Å². The van der Waals surface area contributed by atoms with Crippen LogP contribution in [0.4, 0.5) is 5.82 Å². The van der Waals surface area contributed by atoms with Crippen molar-refractivity contribution in [3.63, 3.8) is 0 Å². The molecular formula is C18H23N5O. The molecular weight excluding hydrogens is 302 g/mol. The normalized spacial score (nSPS) is 15.2. The van der Waals surface area contributed by atoms with Gasteiger partial charge in [-0.25, -0.2) is 9.97 Å². The van der Waals surface area contributed by atoms with Crippen LogP contribution in [-0.2, 0) is 6.42 Å². The third-order valence-corrected chi connectivity index (χ3v) is 4.30. The molecule has 0 atom stereocenters. The summed E-state index contributed by atoms with van der Waals surface area (Å²) in [5.41, 5.74) is 2.71. The predicted molar refractivity (Wildman–Crippen MR) is 93.1 cm³/mol. The van der Waals surface area contributed by atoms with Crippen LogP contribution in [-0.4, -0.2) is 51.9 Å². The third-order valence-electron chi connectivity index (χ3n) is 4.30. The molecule has 3 heterocycles. The van der Waals surface area contributed by atoms with E-state index in [4.69, 9.17) is 0 Å². The van der Waals surface area contributed by atoms with Gasteiger partial charge in [0.05, 0.1) is 5.56 Å². The van der Waals surface area contributed by atoms with Crippen molar-refractivity contribution in [2.45, 2.75) is 26.7 Å². The molecule has 0 bridgehead atoms. The highest BCUT2D eigenvalue weighted by Gasteiger charge is 2.21. The third kappa shape index (κ3) is 3.69. The summed E-state index contributed by atoms with van der Waals surface area (Å²) in [6.45, 7) is 7.17. The van der Waals surface area contributed by atoms with Gasteiger partial charge in [-0.2, -0.15) is 0 Å². The van der Waals surface area contributed by atoms with Crippen LogP contribution in [0, 0.1) is 6.92 Å². The van der Waals surface area contributed by atoms with Crippen molar-refractivity contribution in [3.05, 3.63) is 47.7 Å². The number of amides is 1. The van der Waals surface area contributed by atoms with Gasteiger partial charge in [0.25, 0.3) is 5.91 Å². The van der Waals surface area contributed by atoms with Crippen molar-refractivity contribution in [1.29, 1.82) is 0 Å². The van der Waals surface area contributed by atoms with E-state index in [0.29, 0.717) is 12.1 Å². The summed E-state index contributed by atoms with van der Waals surface area (Å²) in [5, 5.41) is 0. The molecule has 0 aliphatic carbocycles. The van der Waals surface area contributed by atoms with Gasteiger partial charge >= 0.3 is 0 Å². The summed E-state index contributed by atoms with van der Waals surface area (Å²) in [6.07, 6.45) is 6.86. The largest absolute Gasteiger partial charge is 0.355 e. The number of pyridine rings is 1. The maximum atomic E-state index is 12.7. The Morgan fingerprint density at radius 2 is 2.00 bits per heavy atom. The Kier molecular flexibility index (Phi) is 5.03. The molecule has 1 aliphatic rings. The van der Waals surface area contributed by atoms with Crippen LogP contribution in [0.15, 0.2) is 30.9 Å². The van der Waals surface area contributed by atoms with Crippen molar-refractivity contribution >= 4 is 11.7 Å². The van der Waals surface area contributed by atoms with Gasteiger partial charge in [-0.05, 0) is 31.4 Å². The molecule has 1 aliphatic heterocycles. The minimum Gasteiger partial charge on any atom is -0.355 e. The SMILES string of the molecule is CCc1cc(N2CCCN(C(=O)c3cncc(C)c3)CC2)ncn1. The van der Waals surface area contributed by atoms with Crippen LogP contribution in [0.3, 0.4) is 0 Å². The second kappa shape index (κ2) is 7.38. The van der Waals surface area contributed by atoms with E-state index in [2.05, 4.69) is 26.8 Å². The van der Waals surface area contributed by atoms with Crippen molar-refractivity contribution < 1.29 is 4.79 Å².